The van der Waals surface area contributed by atoms with Gasteiger partial charge in [0.1, 0.15) is 12.8 Å². The van der Waals surface area contributed by atoms with Crippen LogP contribution in [0.5, 0.6) is 0 Å². The summed E-state index contributed by atoms with van der Waals surface area (Å²) < 4.78 is 6.52. The van der Waals surface area contributed by atoms with Crippen LogP contribution >= 0.6 is 12.0 Å². The Kier molecular flexibility index (Phi) is 6.03. The van der Waals surface area contributed by atoms with E-state index in [2.05, 4.69) is 50.8 Å². The minimum Gasteiger partial charge on any atom is -0.399 e. The van der Waals surface area contributed by atoms with Crippen LogP contribution in [0.15, 0.2) is 64.6 Å². The van der Waals surface area contributed by atoms with E-state index in [0.29, 0.717) is 5.69 Å². The molecule has 2 N–H and O–H groups in total. The predicted molar refractivity (Wildman–Crippen MR) is 101 cm³/mol. The molecule has 0 bridgehead atoms. The average molecular weight is 370 g/mol. The average Bonchev–Trinajstić information content (AvgIpc) is 3.10. The van der Waals surface area contributed by atoms with Gasteiger partial charge in [0.25, 0.3) is 0 Å². The molecule has 0 aliphatic carbocycles. The topological polar surface area (TPSA) is 83.9 Å². The Bertz CT molecular complexity index is 876. The Morgan fingerprint density at radius 1 is 1.12 bits per heavy atom. The van der Waals surface area contributed by atoms with Crippen LogP contribution in [0.2, 0.25) is 0 Å². The molecule has 0 fully saturated rings. The van der Waals surface area contributed by atoms with E-state index in [4.69, 9.17) is 10.7 Å². The lowest BCUT2D eigenvalue weighted by Crippen LogP contribution is -2.00. The highest BCUT2D eigenvalue weighted by atomic mass is 32.2. The highest BCUT2D eigenvalue weighted by Gasteiger charge is 2.11. The summed E-state index contributed by atoms with van der Waals surface area (Å²) in [5, 5.41) is 8.41. The number of hydrogen-bond donors (Lipinski definition) is 1. The van der Waals surface area contributed by atoms with Crippen LogP contribution in [-0.4, -0.2) is 23.1 Å². The molecule has 8 heteroatoms. The minimum atomic E-state index is 0.695. The number of aromatic nitrogens is 2. The third-order valence-electron chi connectivity index (χ3n) is 3.62. The van der Waals surface area contributed by atoms with Crippen LogP contribution in [0.25, 0.3) is 16.9 Å². The van der Waals surface area contributed by atoms with Gasteiger partial charge in [-0.3, -0.25) is 0 Å². The molecule has 0 aliphatic rings. The smallest absolute Gasteiger partial charge is 0.108 e. The molecule has 0 aliphatic heterocycles. The van der Waals surface area contributed by atoms with E-state index in [1.54, 1.807) is 6.21 Å². The third-order valence-corrected chi connectivity index (χ3v) is 4.23. The van der Waals surface area contributed by atoms with Gasteiger partial charge in [0, 0.05) is 10.5 Å². The van der Waals surface area contributed by atoms with Gasteiger partial charge in [0.15, 0.2) is 0 Å². The highest BCUT2D eigenvalue weighted by Crippen LogP contribution is 2.26. The maximum atomic E-state index is 4.86. The lowest BCUT2D eigenvalue weighted by molar-refractivity contribution is -0.195. The molecule has 0 amide bonds. The normalized spacial score (nSPS) is 11.2. The van der Waals surface area contributed by atoms with E-state index in [9.17, 15) is 0 Å². The predicted octanol–water partition coefficient (Wildman–Crippen LogP) is 3.66. The van der Waals surface area contributed by atoms with Crippen molar-refractivity contribution in [3.8, 4) is 16.9 Å². The molecule has 3 aromatic rings. The quantitative estimate of drug-likeness (QED) is 0.296. The minimum absolute atomic E-state index is 0.695. The number of rotatable bonds is 7. The second-order valence-electron chi connectivity index (χ2n) is 5.39. The molecule has 26 heavy (non-hydrogen) atoms. The van der Waals surface area contributed by atoms with Gasteiger partial charge in [-0.2, -0.15) is 11.0 Å². The Labute approximate surface area is 155 Å². The second-order valence-corrected chi connectivity index (χ2v) is 6.17. The van der Waals surface area contributed by atoms with Crippen LogP contribution < -0.4 is 5.90 Å². The molecule has 0 saturated heterocycles. The number of nitrogens with zero attached hydrogens (tertiary/aromatic N) is 3. The fourth-order valence-electron chi connectivity index (χ4n) is 2.40. The number of nitrogens with two attached hydrogens (primary N) is 1. The van der Waals surface area contributed by atoms with E-state index in [1.807, 2.05) is 35.0 Å². The summed E-state index contributed by atoms with van der Waals surface area (Å²) >= 11 is 1.03. The van der Waals surface area contributed by atoms with Gasteiger partial charge in [-0.05, 0) is 37.3 Å². The zero-order valence-electron chi connectivity index (χ0n) is 14.3. The lowest BCUT2D eigenvalue weighted by Gasteiger charge is -2.08. The van der Waals surface area contributed by atoms with Gasteiger partial charge < -0.3 is 4.84 Å². The van der Waals surface area contributed by atoms with Gasteiger partial charge in [0.2, 0.25) is 0 Å². The second kappa shape index (κ2) is 8.63. The summed E-state index contributed by atoms with van der Waals surface area (Å²) in [6, 6.07) is 17.9. The maximum Gasteiger partial charge on any atom is 0.108 e. The van der Waals surface area contributed by atoms with Crippen LogP contribution in [0.4, 0.5) is 0 Å². The fraction of sp³-hybridized carbons (Fsp3) is 0.111. The van der Waals surface area contributed by atoms with Crippen molar-refractivity contribution in [1.82, 2.24) is 9.78 Å². The Hall–Kier alpha value is -2.65. The van der Waals surface area contributed by atoms with Crippen molar-refractivity contribution >= 4 is 18.3 Å². The largest absolute Gasteiger partial charge is 0.399 e. The summed E-state index contributed by atoms with van der Waals surface area (Å²) in [5.41, 5.74) is 4.80. The van der Waals surface area contributed by atoms with Crippen LogP contribution in [0, 0.1) is 6.92 Å². The first-order valence-corrected chi connectivity index (χ1v) is 8.49. The van der Waals surface area contributed by atoms with E-state index in [1.165, 1.54) is 12.7 Å². The molecule has 0 radical (unpaired) electrons. The number of aryl methyl sites for hydroxylation is 1. The SMILES string of the molecule is CO/N=C/c1cc(-c2ccc(C)cc2)n(-c2ccc(SOON)cc2)n1. The Morgan fingerprint density at radius 3 is 2.50 bits per heavy atom. The van der Waals surface area contributed by atoms with E-state index >= 15 is 0 Å². The lowest BCUT2D eigenvalue weighted by atomic mass is 10.1. The molecular weight excluding hydrogens is 352 g/mol. The molecule has 1 heterocycles. The maximum absolute atomic E-state index is 4.86. The first kappa shape index (κ1) is 18.2. The monoisotopic (exact) mass is 370 g/mol. The number of oxime groups is 1. The van der Waals surface area contributed by atoms with Crippen molar-refractivity contribution in [1.29, 1.82) is 0 Å². The van der Waals surface area contributed by atoms with Crippen molar-refractivity contribution < 1.29 is 14.2 Å². The van der Waals surface area contributed by atoms with Gasteiger partial charge in [-0.15, -0.1) is 9.32 Å². The van der Waals surface area contributed by atoms with Gasteiger partial charge in [0.05, 0.1) is 29.6 Å². The molecule has 7 nitrogen and oxygen atoms in total. The summed E-state index contributed by atoms with van der Waals surface area (Å²) in [6.45, 7) is 2.06. The Morgan fingerprint density at radius 2 is 1.85 bits per heavy atom. The highest BCUT2D eigenvalue weighted by molar-refractivity contribution is 7.94. The molecule has 0 unspecified atom stereocenters. The van der Waals surface area contributed by atoms with Crippen molar-refractivity contribution in [3.05, 3.63) is 65.9 Å². The molecule has 0 atom stereocenters. The van der Waals surface area contributed by atoms with E-state index in [-0.39, 0.29) is 0 Å². The zero-order valence-corrected chi connectivity index (χ0v) is 15.1. The summed E-state index contributed by atoms with van der Waals surface area (Å²) in [5.74, 6) is 4.86. The van der Waals surface area contributed by atoms with Crippen LogP contribution in [0.1, 0.15) is 11.3 Å². The molecule has 0 saturated carbocycles. The van der Waals surface area contributed by atoms with E-state index in [0.717, 1.165) is 33.9 Å². The van der Waals surface area contributed by atoms with Crippen molar-refractivity contribution in [2.75, 3.05) is 7.11 Å². The van der Waals surface area contributed by atoms with Gasteiger partial charge in [-0.1, -0.05) is 35.0 Å². The summed E-state index contributed by atoms with van der Waals surface area (Å²) in [7, 11) is 1.50. The van der Waals surface area contributed by atoms with Gasteiger partial charge in [-0.25, -0.2) is 4.68 Å². The molecular formula is C18H18N4O3S. The molecule has 134 valence electrons. The van der Waals surface area contributed by atoms with Crippen molar-refractivity contribution in [2.45, 2.75) is 11.8 Å². The van der Waals surface area contributed by atoms with Crippen LogP contribution in [-0.2, 0) is 14.2 Å². The van der Waals surface area contributed by atoms with Crippen molar-refractivity contribution in [3.63, 3.8) is 0 Å². The third kappa shape index (κ3) is 4.30. The van der Waals surface area contributed by atoms with E-state index < -0.39 is 0 Å². The zero-order chi connectivity index (χ0) is 18.4. The number of benzene rings is 2. The fourth-order valence-corrected chi connectivity index (χ4v) is 2.76. The Balaban J connectivity index is 2.00. The van der Waals surface area contributed by atoms with Crippen molar-refractivity contribution in [2.24, 2.45) is 11.1 Å². The summed E-state index contributed by atoms with van der Waals surface area (Å²) in [6.07, 6.45) is 1.57. The molecule has 3 rings (SSSR count). The standard InChI is InChI=1S/C18H18N4O3S/c1-13-3-5-14(6-4-13)18-11-15(12-20-23-2)21-22(18)16-7-9-17(10-8-16)26-25-24-19/h3-12H,19H2,1-2H3/b20-12+. The number of hydrogen-bond acceptors (Lipinski definition) is 7. The molecule has 1 aromatic heterocycles. The molecule has 0 spiro atoms. The summed E-state index contributed by atoms with van der Waals surface area (Å²) in [4.78, 5) is 9.72. The molecule has 2 aromatic carbocycles. The van der Waals surface area contributed by atoms with Gasteiger partial charge >= 0.3 is 0 Å². The first-order chi connectivity index (χ1) is 12.7. The van der Waals surface area contributed by atoms with Crippen LogP contribution in [0.3, 0.4) is 0 Å². The first-order valence-electron chi connectivity index (χ1n) is 7.75.